The molecular weight excluding hydrogens is 238 g/mol. The van der Waals surface area contributed by atoms with Gasteiger partial charge in [0.25, 0.3) is 5.91 Å². The first-order valence-electron chi connectivity index (χ1n) is 6.99. The Labute approximate surface area is 114 Å². The zero-order valence-corrected chi connectivity index (χ0v) is 11.6. The second kappa shape index (κ2) is 5.95. The van der Waals surface area contributed by atoms with Gasteiger partial charge in [-0.05, 0) is 30.9 Å². The summed E-state index contributed by atoms with van der Waals surface area (Å²) in [5, 5.41) is 0. The van der Waals surface area contributed by atoms with E-state index in [1.807, 2.05) is 19.2 Å². The lowest BCUT2D eigenvalue weighted by Gasteiger charge is -2.29. The maximum absolute atomic E-state index is 11.3. The third-order valence-corrected chi connectivity index (χ3v) is 4.02. The van der Waals surface area contributed by atoms with Crippen LogP contribution in [0.4, 0.5) is 11.4 Å². The summed E-state index contributed by atoms with van der Waals surface area (Å²) in [5.41, 5.74) is 13.2. The van der Waals surface area contributed by atoms with Crippen molar-refractivity contribution in [1.82, 2.24) is 0 Å². The molecule has 4 nitrogen and oxygen atoms in total. The largest absolute Gasteiger partial charge is 0.396 e. The summed E-state index contributed by atoms with van der Waals surface area (Å²) in [7, 11) is 2.03. The Bertz CT molecular complexity index is 453. The summed E-state index contributed by atoms with van der Waals surface area (Å²) in [5.74, 6) is 0.265. The van der Waals surface area contributed by atoms with Crippen LogP contribution in [-0.2, 0) is 0 Å². The van der Waals surface area contributed by atoms with Gasteiger partial charge in [0, 0.05) is 13.6 Å². The molecule has 0 atom stereocenters. The van der Waals surface area contributed by atoms with Crippen LogP contribution in [0.15, 0.2) is 18.2 Å². The SMILES string of the molecule is CN(CC1CCCCC1)c1cccc(C(N)=O)c1N. The van der Waals surface area contributed by atoms with Crippen LogP contribution < -0.4 is 16.4 Å². The highest BCUT2D eigenvalue weighted by Gasteiger charge is 2.18. The number of nitrogens with two attached hydrogens (primary N) is 2. The Hall–Kier alpha value is -1.71. The maximum atomic E-state index is 11.3. The number of hydrogen-bond donors (Lipinski definition) is 2. The Morgan fingerprint density at radius 3 is 2.63 bits per heavy atom. The number of carbonyl (C=O) groups excluding carboxylic acids is 1. The third-order valence-electron chi connectivity index (χ3n) is 4.02. The van der Waals surface area contributed by atoms with Gasteiger partial charge in [-0.2, -0.15) is 0 Å². The fourth-order valence-corrected chi connectivity index (χ4v) is 2.96. The number of nitrogens with zero attached hydrogens (tertiary/aromatic N) is 1. The molecule has 4 N–H and O–H groups in total. The number of primary amides is 1. The summed E-state index contributed by atoms with van der Waals surface area (Å²) in [6.07, 6.45) is 6.60. The van der Waals surface area contributed by atoms with E-state index in [-0.39, 0.29) is 0 Å². The minimum atomic E-state index is -0.467. The average Bonchev–Trinajstić information content (AvgIpc) is 2.39. The van der Waals surface area contributed by atoms with E-state index >= 15 is 0 Å². The lowest BCUT2D eigenvalue weighted by Crippen LogP contribution is -2.28. The van der Waals surface area contributed by atoms with Gasteiger partial charge in [-0.1, -0.05) is 25.3 Å². The number of amides is 1. The zero-order chi connectivity index (χ0) is 13.8. The molecule has 1 aromatic rings. The van der Waals surface area contributed by atoms with Gasteiger partial charge in [0.1, 0.15) is 0 Å². The molecule has 0 aromatic heterocycles. The van der Waals surface area contributed by atoms with Gasteiger partial charge in [0.05, 0.1) is 16.9 Å². The van der Waals surface area contributed by atoms with Crippen molar-refractivity contribution in [2.24, 2.45) is 11.7 Å². The molecule has 1 fully saturated rings. The van der Waals surface area contributed by atoms with E-state index in [1.165, 1.54) is 32.1 Å². The summed E-state index contributed by atoms with van der Waals surface area (Å²) >= 11 is 0. The van der Waals surface area contributed by atoms with E-state index in [4.69, 9.17) is 11.5 Å². The number of anilines is 2. The number of carbonyl (C=O) groups is 1. The smallest absolute Gasteiger partial charge is 0.250 e. The van der Waals surface area contributed by atoms with Crippen LogP contribution in [0.25, 0.3) is 0 Å². The van der Waals surface area contributed by atoms with E-state index in [2.05, 4.69) is 4.90 Å². The van der Waals surface area contributed by atoms with Gasteiger partial charge in [-0.15, -0.1) is 0 Å². The van der Waals surface area contributed by atoms with Gasteiger partial charge in [0.15, 0.2) is 0 Å². The first kappa shape index (κ1) is 13.7. The third kappa shape index (κ3) is 3.19. The van der Waals surface area contributed by atoms with Gasteiger partial charge in [-0.25, -0.2) is 0 Å². The predicted molar refractivity (Wildman–Crippen MR) is 79.2 cm³/mol. The average molecular weight is 261 g/mol. The maximum Gasteiger partial charge on any atom is 0.250 e. The standard InChI is InChI=1S/C15H23N3O/c1-18(10-11-6-3-2-4-7-11)13-9-5-8-12(14(13)16)15(17)19/h5,8-9,11H,2-4,6-7,10,16H2,1H3,(H2,17,19). The van der Waals surface area contributed by atoms with Crippen molar-refractivity contribution >= 4 is 17.3 Å². The topological polar surface area (TPSA) is 72.3 Å². The van der Waals surface area contributed by atoms with Crippen LogP contribution in [0.5, 0.6) is 0 Å². The minimum absolute atomic E-state index is 0.410. The van der Waals surface area contributed by atoms with Crippen LogP contribution in [-0.4, -0.2) is 19.5 Å². The van der Waals surface area contributed by atoms with Gasteiger partial charge >= 0.3 is 0 Å². The molecule has 1 aromatic carbocycles. The zero-order valence-electron chi connectivity index (χ0n) is 11.6. The van der Waals surface area contributed by atoms with E-state index in [0.717, 1.165) is 18.2 Å². The number of hydrogen-bond acceptors (Lipinski definition) is 3. The molecule has 2 rings (SSSR count). The monoisotopic (exact) mass is 261 g/mol. The van der Waals surface area contributed by atoms with Crippen molar-refractivity contribution in [3.8, 4) is 0 Å². The Balaban J connectivity index is 2.12. The molecule has 0 heterocycles. The summed E-state index contributed by atoms with van der Waals surface area (Å²) in [4.78, 5) is 13.5. The fraction of sp³-hybridized carbons (Fsp3) is 0.533. The predicted octanol–water partition coefficient (Wildman–Crippen LogP) is 2.38. The summed E-state index contributed by atoms with van der Waals surface area (Å²) < 4.78 is 0. The van der Waals surface area contributed by atoms with Gasteiger partial charge in [0.2, 0.25) is 0 Å². The van der Waals surface area contributed by atoms with Crippen LogP contribution in [0.2, 0.25) is 0 Å². The molecule has 1 aliphatic rings. The summed E-state index contributed by atoms with van der Waals surface area (Å²) in [6.45, 7) is 0.992. The van der Waals surface area contributed by atoms with Crippen LogP contribution in [0.1, 0.15) is 42.5 Å². The van der Waals surface area contributed by atoms with Gasteiger partial charge in [-0.3, -0.25) is 4.79 Å². The lowest BCUT2D eigenvalue weighted by atomic mass is 9.89. The van der Waals surface area contributed by atoms with Crippen LogP contribution in [0, 0.1) is 5.92 Å². The number of nitrogen functional groups attached to an aromatic ring is 1. The Morgan fingerprint density at radius 2 is 2.00 bits per heavy atom. The molecule has 0 unspecified atom stereocenters. The highest BCUT2D eigenvalue weighted by molar-refractivity contribution is 6.00. The number of para-hydroxylation sites is 1. The minimum Gasteiger partial charge on any atom is -0.396 e. The second-order valence-corrected chi connectivity index (χ2v) is 5.49. The lowest BCUT2D eigenvalue weighted by molar-refractivity contribution is 0.100. The highest BCUT2D eigenvalue weighted by Crippen LogP contribution is 2.29. The van der Waals surface area contributed by atoms with E-state index < -0.39 is 5.91 Å². The molecule has 1 amide bonds. The van der Waals surface area contributed by atoms with Crippen LogP contribution >= 0.6 is 0 Å². The molecule has 0 radical (unpaired) electrons. The molecule has 1 aliphatic carbocycles. The van der Waals surface area contributed by atoms with E-state index in [0.29, 0.717) is 11.3 Å². The van der Waals surface area contributed by atoms with E-state index in [1.54, 1.807) is 6.07 Å². The molecular formula is C15H23N3O. The molecule has 19 heavy (non-hydrogen) atoms. The summed E-state index contributed by atoms with van der Waals surface area (Å²) in [6, 6.07) is 5.46. The highest BCUT2D eigenvalue weighted by atomic mass is 16.1. The van der Waals surface area contributed by atoms with Crippen molar-refractivity contribution in [3.63, 3.8) is 0 Å². The molecule has 1 saturated carbocycles. The van der Waals surface area contributed by atoms with Crippen molar-refractivity contribution in [2.45, 2.75) is 32.1 Å². The molecule has 104 valence electrons. The Kier molecular flexibility index (Phi) is 4.30. The number of rotatable bonds is 4. The first-order valence-corrected chi connectivity index (χ1v) is 6.99. The molecule has 0 aliphatic heterocycles. The van der Waals surface area contributed by atoms with Crippen molar-refractivity contribution in [3.05, 3.63) is 23.8 Å². The quantitative estimate of drug-likeness (QED) is 0.817. The normalized spacial score (nSPS) is 16.3. The van der Waals surface area contributed by atoms with Crippen LogP contribution in [0.3, 0.4) is 0 Å². The van der Waals surface area contributed by atoms with Crippen molar-refractivity contribution < 1.29 is 4.79 Å². The van der Waals surface area contributed by atoms with Gasteiger partial charge < -0.3 is 16.4 Å². The second-order valence-electron chi connectivity index (χ2n) is 5.49. The molecule has 0 spiro atoms. The molecule has 0 saturated heterocycles. The Morgan fingerprint density at radius 1 is 1.32 bits per heavy atom. The fourth-order valence-electron chi connectivity index (χ4n) is 2.96. The molecule has 0 bridgehead atoms. The molecule has 4 heteroatoms. The number of benzene rings is 1. The van der Waals surface area contributed by atoms with Crippen molar-refractivity contribution in [2.75, 3.05) is 24.2 Å². The first-order chi connectivity index (χ1) is 9.09. The van der Waals surface area contributed by atoms with E-state index in [9.17, 15) is 4.79 Å². The van der Waals surface area contributed by atoms with Crippen molar-refractivity contribution in [1.29, 1.82) is 0 Å².